The van der Waals surface area contributed by atoms with Crippen LogP contribution in [0.25, 0.3) is 0 Å². The maximum absolute atomic E-state index is 13.5. The lowest BCUT2D eigenvalue weighted by molar-refractivity contribution is -0.130. The predicted octanol–water partition coefficient (Wildman–Crippen LogP) is 0.803. The SMILES string of the molecule is NC(=O)C1CCN(c2cccc(F)c2F)C1=O. The normalized spacial score (nSPS) is 19.8. The van der Waals surface area contributed by atoms with E-state index in [0.29, 0.717) is 0 Å². The summed E-state index contributed by atoms with van der Waals surface area (Å²) in [5.74, 6) is -4.39. The first-order valence-corrected chi connectivity index (χ1v) is 5.07. The van der Waals surface area contributed by atoms with Crippen LogP contribution in [0.4, 0.5) is 14.5 Å². The second-order valence-corrected chi connectivity index (χ2v) is 3.81. The summed E-state index contributed by atoms with van der Waals surface area (Å²) in [4.78, 5) is 23.7. The number of amides is 2. The van der Waals surface area contributed by atoms with E-state index < -0.39 is 29.4 Å². The van der Waals surface area contributed by atoms with Gasteiger partial charge in [0.2, 0.25) is 11.8 Å². The van der Waals surface area contributed by atoms with Crippen LogP contribution in [0.5, 0.6) is 0 Å². The minimum atomic E-state index is -1.09. The molecule has 1 fully saturated rings. The second-order valence-electron chi connectivity index (χ2n) is 3.81. The highest BCUT2D eigenvalue weighted by atomic mass is 19.2. The van der Waals surface area contributed by atoms with E-state index in [9.17, 15) is 18.4 Å². The van der Waals surface area contributed by atoms with Gasteiger partial charge in [0.05, 0.1) is 5.69 Å². The molecule has 6 heteroatoms. The minimum absolute atomic E-state index is 0.154. The Hall–Kier alpha value is -1.98. The summed E-state index contributed by atoms with van der Waals surface area (Å²) in [7, 11) is 0. The zero-order chi connectivity index (χ0) is 12.6. The zero-order valence-corrected chi connectivity index (χ0v) is 8.82. The predicted molar refractivity (Wildman–Crippen MR) is 56.0 cm³/mol. The fourth-order valence-corrected chi connectivity index (χ4v) is 1.88. The summed E-state index contributed by atoms with van der Waals surface area (Å²) in [6, 6.07) is 3.56. The van der Waals surface area contributed by atoms with Gasteiger partial charge in [-0.2, -0.15) is 0 Å². The van der Waals surface area contributed by atoms with Gasteiger partial charge in [0.1, 0.15) is 5.92 Å². The van der Waals surface area contributed by atoms with Gasteiger partial charge in [0.25, 0.3) is 0 Å². The summed E-state index contributed by atoms with van der Waals surface area (Å²) in [5.41, 5.74) is 4.89. The Morgan fingerprint density at radius 2 is 2.12 bits per heavy atom. The Bertz CT molecular complexity index is 490. The third-order valence-corrected chi connectivity index (χ3v) is 2.77. The smallest absolute Gasteiger partial charge is 0.239 e. The van der Waals surface area contributed by atoms with E-state index in [4.69, 9.17) is 5.73 Å². The fraction of sp³-hybridized carbons (Fsp3) is 0.273. The molecule has 2 rings (SSSR count). The van der Waals surface area contributed by atoms with Crippen molar-refractivity contribution in [3.63, 3.8) is 0 Å². The third-order valence-electron chi connectivity index (χ3n) is 2.77. The van der Waals surface area contributed by atoms with Crippen molar-refractivity contribution in [2.24, 2.45) is 11.7 Å². The Morgan fingerprint density at radius 3 is 2.71 bits per heavy atom. The topological polar surface area (TPSA) is 63.4 Å². The zero-order valence-electron chi connectivity index (χ0n) is 8.82. The van der Waals surface area contributed by atoms with Gasteiger partial charge in [-0.3, -0.25) is 9.59 Å². The van der Waals surface area contributed by atoms with Crippen LogP contribution in [0.1, 0.15) is 6.42 Å². The first-order chi connectivity index (χ1) is 8.02. The molecule has 1 aromatic carbocycles. The quantitative estimate of drug-likeness (QED) is 0.777. The average Bonchev–Trinajstić information content (AvgIpc) is 2.64. The lowest BCUT2D eigenvalue weighted by Gasteiger charge is -2.17. The molecule has 1 saturated heterocycles. The Kier molecular flexibility index (Phi) is 2.79. The summed E-state index contributed by atoms with van der Waals surface area (Å²) >= 11 is 0. The lowest BCUT2D eigenvalue weighted by Crippen LogP contribution is -2.33. The number of hydrogen-bond donors (Lipinski definition) is 1. The Balaban J connectivity index is 2.34. The molecule has 1 aliphatic heterocycles. The monoisotopic (exact) mass is 240 g/mol. The maximum Gasteiger partial charge on any atom is 0.239 e. The van der Waals surface area contributed by atoms with Crippen LogP contribution in [0, 0.1) is 17.6 Å². The second kappa shape index (κ2) is 4.12. The van der Waals surface area contributed by atoms with Crippen molar-refractivity contribution in [1.29, 1.82) is 0 Å². The molecule has 2 N–H and O–H groups in total. The number of anilines is 1. The van der Waals surface area contributed by atoms with E-state index in [-0.39, 0.29) is 18.7 Å². The van der Waals surface area contributed by atoms with Crippen LogP contribution >= 0.6 is 0 Å². The van der Waals surface area contributed by atoms with E-state index >= 15 is 0 Å². The van der Waals surface area contributed by atoms with Gasteiger partial charge in [0, 0.05) is 6.54 Å². The summed E-state index contributed by atoms with van der Waals surface area (Å²) in [6.07, 6.45) is 0.226. The number of nitrogens with zero attached hydrogens (tertiary/aromatic N) is 1. The number of rotatable bonds is 2. The Labute approximate surface area is 96.0 Å². The van der Waals surface area contributed by atoms with Crippen molar-refractivity contribution in [3.05, 3.63) is 29.8 Å². The van der Waals surface area contributed by atoms with Crippen molar-refractivity contribution in [2.75, 3.05) is 11.4 Å². The minimum Gasteiger partial charge on any atom is -0.369 e. The highest BCUT2D eigenvalue weighted by Gasteiger charge is 2.37. The van der Waals surface area contributed by atoms with E-state index in [1.807, 2.05) is 0 Å². The molecule has 0 bridgehead atoms. The molecule has 0 radical (unpaired) electrons. The van der Waals surface area contributed by atoms with Crippen LogP contribution < -0.4 is 10.6 Å². The van der Waals surface area contributed by atoms with Gasteiger partial charge in [-0.1, -0.05) is 6.07 Å². The van der Waals surface area contributed by atoms with Crippen molar-refractivity contribution >= 4 is 17.5 Å². The first kappa shape index (κ1) is 11.5. The molecule has 0 aliphatic carbocycles. The number of carbonyl (C=O) groups is 2. The van der Waals surface area contributed by atoms with Crippen LogP contribution in [0.15, 0.2) is 18.2 Å². The van der Waals surface area contributed by atoms with E-state index in [0.717, 1.165) is 11.0 Å². The molecular formula is C11H10F2N2O2. The molecule has 17 heavy (non-hydrogen) atoms. The molecule has 1 heterocycles. The van der Waals surface area contributed by atoms with Crippen LogP contribution in [-0.2, 0) is 9.59 Å². The number of carbonyl (C=O) groups excluding carboxylic acids is 2. The fourth-order valence-electron chi connectivity index (χ4n) is 1.88. The highest BCUT2D eigenvalue weighted by molar-refractivity contribution is 6.09. The standard InChI is InChI=1S/C11H10F2N2O2/c12-7-2-1-3-8(9(7)13)15-5-4-6(10(14)16)11(15)17/h1-3,6H,4-5H2,(H2,14,16). The largest absolute Gasteiger partial charge is 0.369 e. The maximum atomic E-state index is 13.5. The highest BCUT2D eigenvalue weighted by Crippen LogP contribution is 2.28. The van der Waals surface area contributed by atoms with Gasteiger partial charge >= 0.3 is 0 Å². The van der Waals surface area contributed by atoms with Crippen LogP contribution in [0.2, 0.25) is 0 Å². The van der Waals surface area contributed by atoms with E-state index in [1.54, 1.807) is 0 Å². The molecule has 1 unspecified atom stereocenters. The van der Waals surface area contributed by atoms with Gasteiger partial charge < -0.3 is 10.6 Å². The number of hydrogen-bond acceptors (Lipinski definition) is 2. The van der Waals surface area contributed by atoms with Gasteiger partial charge in [-0.15, -0.1) is 0 Å². The molecule has 0 aromatic heterocycles. The molecule has 0 saturated carbocycles. The molecule has 2 amide bonds. The van der Waals surface area contributed by atoms with Crippen LogP contribution in [0.3, 0.4) is 0 Å². The van der Waals surface area contributed by atoms with Gasteiger partial charge in [0.15, 0.2) is 11.6 Å². The summed E-state index contributed by atoms with van der Waals surface area (Å²) in [6.45, 7) is 0.160. The number of benzene rings is 1. The van der Waals surface area contributed by atoms with Gasteiger partial charge in [-0.05, 0) is 18.6 Å². The number of primary amides is 1. The van der Waals surface area contributed by atoms with Crippen molar-refractivity contribution < 1.29 is 18.4 Å². The molecule has 0 spiro atoms. The number of nitrogens with two attached hydrogens (primary N) is 1. The lowest BCUT2D eigenvalue weighted by atomic mass is 10.1. The molecule has 4 nitrogen and oxygen atoms in total. The molecule has 1 atom stereocenters. The van der Waals surface area contributed by atoms with Crippen molar-refractivity contribution in [2.45, 2.75) is 6.42 Å². The Morgan fingerprint density at radius 1 is 1.41 bits per heavy atom. The van der Waals surface area contributed by atoms with Gasteiger partial charge in [-0.25, -0.2) is 8.78 Å². The van der Waals surface area contributed by atoms with Crippen LogP contribution in [-0.4, -0.2) is 18.4 Å². The molecular weight excluding hydrogens is 230 g/mol. The molecule has 1 aliphatic rings. The molecule has 90 valence electrons. The van der Waals surface area contributed by atoms with Crippen molar-refractivity contribution in [3.8, 4) is 0 Å². The average molecular weight is 240 g/mol. The van der Waals surface area contributed by atoms with Crippen molar-refractivity contribution in [1.82, 2.24) is 0 Å². The molecule has 1 aromatic rings. The third kappa shape index (κ3) is 1.86. The van der Waals surface area contributed by atoms with E-state index in [2.05, 4.69) is 0 Å². The van der Waals surface area contributed by atoms with E-state index in [1.165, 1.54) is 12.1 Å². The summed E-state index contributed by atoms with van der Waals surface area (Å²) < 4.78 is 26.5. The number of halogens is 2. The summed E-state index contributed by atoms with van der Waals surface area (Å²) in [5, 5.41) is 0. The first-order valence-electron chi connectivity index (χ1n) is 5.07.